The van der Waals surface area contributed by atoms with E-state index in [9.17, 15) is 4.79 Å². The van der Waals surface area contributed by atoms with Crippen LogP contribution in [0.2, 0.25) is 0 Å². The summed E-state index contributed by atoms with van der Waals surface area (Å²) in [5.74, 6) is 1.27. The molecule has 0 saturated heterocycles. The maximum Gasteiger partial charge on any atom is 0.258 e. The van der Waals surface area contributed by atoms with Gasteiger partial charge >= 0.3 is 0 Å². The van der Waals surface area contributed by atoms with Gasteiger partial charge in [-0.3, -0.25) is 4.79 Å². The lowest BCUT2D eigenvalue weighted by molar-refractivity contribution is 0.102. The van der Waals surface area contributed by atoms with Crippen LogP contribution in [0.4, 0.5) is 5.69 Å². The molecule has 0 unspecified atom stereocenters. The van der Waals surface area contributed by atoms with Gasteiger partial charge in [0.1, 0.15) is 17.8 Å². The Morgan fingerprint density at radius 2 is 1.62 bits per heavy atom. The second-order valence-corrected chi connectivity index (χ2v) is 4.41. The molecule has 0 spiro atoms. The second kappa shape index (κ2) is 5.96. The molecular formula is C17H13NO3. The molecule has 1 amide bonds. The Hall–Kier alpha value is -3.01. The summed E-state index contributed by atoms with van der Waals surface area (Å²) in [5.41, 5.74) is 1.18. The number of furan rings is 1. The molecule has 0 atom stereocenters. The Labute approximate surface area is 122 Å². The Morgan fingerprint density at radius 3 is 2.29 bits per heavy atom. The fraction of sp³-hybridized carbons (Fsp3) is 0. The van der Waals surface area contributed by atoms with Crippen LogP contribution in [0.5, 0.6) is 11.5 Å². The molecule has 21 heavy (non-hydrogen) atoms. The third kappa shape index (κ3) is 3.30. The number of carbonyl (C=O) groups is 1. The maximum absolute atomic E-state index is 11.8. The summed E-state index contributed by atoms with van der Waals surface area (Å²) in [6, 6.07) is 18.3. The van der Waals surface area contributed by atoms with Gasteiger partial charge in [-0.15, -0.1) is 0 Å². The normalized spacial score (nSPS) is 10.1. The van der Waals surface area contributed by atoms with Crippen molar-refractivity contribution < 1.29 is 13.9 Å². The number of ether oxygens (including phenoxy) is 1. The highest BCUT2D eigenvalue weighted by Crippen LogP contribution is 2.22. The number of hydrogen-bond acceptors (Lipinski definition) is 3. The molecule has 0 saturated carbocycles. The first-order valence-electron chi connectivity index (χ1n) is 6.48. The molecule has 0 radical (unpaired) electrons. The van der Waals surface area contributed by atoms with Crippen LogP contribution in [0, 0.1) is 0 Å². The lowest BCUT2D eigenvalue weighted by atomic mass is 10.2. The van der Waals surface area contributed by atoms with Gasteiger partial charge in [-0.2, -0.15) is 0 Å². The SMILES string of the molecule is O=C(Nc1ccc(Oc2ccccc2)cc1)c1ccoc1. The van der Waals surface area contributed by atoms with Gasteiger partial charge in [0, 0.05) is 5.69 Å². The third-order valence-electron chi connectivity index (χ3n) is 2.87. The predicted octanol–water partition coefficient (Wildman–Crippen LogP) is 4.32. The molecule has 0 bridgehead atoms. The van der Waals surface area contributed by atoms with Crippen LogP contribution < -0.4 is 10.1 Å². The largest absolute Gasteiger partial charge is 0.472 e. The average Bonchev–Trinajstić information content (AvgIpc) is 3.05. The molecule has 0 aliphatic rings. The Kier molecular flexibility index (Phi) is 3.69. The van der Waals surface area contributed by atoms with Crippen molar-refractivity contribution in [3.8, 4) is 11.5 Å². The van der Waals surface area contributed by atoms with Crippen LogP contribution in [-0.4, -0.2) is 5.91 Å². The zero-order valence-electron chi connectivity index (χ0n) is 11.2. The van der Waals surface area contributed by atoms with Gasteiger partial charge in [0.25, 0.3) is 5.91 Å². The zero-order valence-corrected chi connectivity index (χ0v) is 11.2. The second-order valence-electron chi connectivity index (χ2n) is 4.41. The monoisotopic (exact) mass is 279 g/mol. The first-order valence-corrected chi connectivity index (χ1v) is 6.48. The predicted molar refractivity (Wildman–Crippen MR) is 79.6 cm³/mol. The van der Waals surface area contributed by atoms with E-state index in [1.54, 1.807) is 30.3 Å². The zero-order chi connectivity index (χ0) is 14.5. The fourth-order valence-electron chi connectivity index (χ4n) is 1.83. The van der Waals surface area contributed by atoms with E-state index < -0.39 is 0 Å². The van der Waals surface area contributed by atoms with E-state index in [4.69, 9.17) is 9.15 Å². The number of amides is 1. The molecule has 3 aromatic rings. The first kappa shape index (κ1) is 13.0. The number of benzene rings is 2. The van der Waals surface area contributed by atoms with Crippen molar-refractivity contribution in [2.24, 2.45) is 0 Å². The van der Waals surface area contributed by atoms with Crippen LogP contribution in [0.1, 0.15) is 10.4 Å². The number of nitrogens with one attached hydrogen (secondary N) is 1. The quantitative estimate of drug-likeness (QED) is 0.773. The van der Waals surface area contributed by atoms with Crippen molar-refractivity contribution in [3.05, 3.63) is 78.8 Å². The van der Waals surface area contributed by atoms with Crippen LogP contribution >= 0.6 is 0 Å². The Bertz CT molecular complexity index is 704. The Balaban J connectivity index is 1.65. The molecule has 1 heterocycles. The number of carbonyl (C=O) groups excluding carboxylic acids is 1. The van der Waals surface area contributed by atoms with Gasteiger partial charge in [-0.1, -0.05) is 18.2 Å². The topological polar surface area (TPSA) is 51.5 Å². The minimum absolute atomic E-state index is 0.208. The summed E-state index contributed by atoms with van der Waals surface area (Å²) in [6.45, 7) is 0. The van der Waals surface area contributed by atoms with Crippen LogP contribution in [0.25, 0.3) is 0 Å². The van der Waals surface area contributed by atoms with E-state index in [2.05, 4.69) is 5.32 Å². The minimum Gasteiger partial charge on any atom is -0.472 e. The van der Waals surface area contributed by atoms with Gasteiger partial charge in [0.2, 0.25) is 0 Å². The summed E-state index contributed by atoms with van der Waals surface area (Å²) in [4.78, 5) is 11.8. The van der Waals surface area contributed by atoms with Crippen LogP contribution in [0.3, 0.4) is 0 Å². The maximum atomic E-state index is 11.8. The number of anilines is 1. The fourth-order valence-corrected chi connectivity index (χ4v) is 1.83. The highest BCUT2D eigenvalue weighted by Gasteiger charge is 2.07. The molecule has 2 aromatic carbocycles. The molecule has 0 aliphatic carbocycles. The van der Waals surface area contributed by atoms with Gasteiger partial charge in [0.15, 0.2) is 0 Å². The van der Waals surface area contributed by atoms with Gasteiger partial charge in [0.05, 0.1) is 11.8 Å². The van der Waals surface area contributed by atoms with Crippen molar-refractivity contribution >= 4 is 11.6 Å². The van der Waals surface area contributed by atoms with Crippen molar-refractivity contribution in [3.63, 3.8) is 0 Å². The minimum atomic E-state index is -0.208. The van der Waals surface area contributed by atoms with Crippen molar-refractivity contribution in [1.82, 2.24) is 0 Å². The van der Waals surface area contributed by atoms with Gasteiger partial charge in [-0.25, -0.2) is 0 Å². The van der Waals surface area contributed by atoms with E-state index in [0.717, 1.165) is 5.75 Å². The standard InChI is InChI=1S/C17H13NO3/c19-17(13-10-11-20-12-13)18-14-6-8-16(9-7-14)21-15-4-2-1-3-5-15/h1-12H,(H,18,19). The lowest BCUT2D eigenvalue weighted by Gasteiger charge is -2.07. The molecular weight excluding hydrogens is 266 g/mol. The van der Waals surface area contributed by atoms with E-state index >= 15 is 0 Å². The molecule has 1 N–H and O–H groups in total. The van der Waals surface area contributed by atoms with Crippen molar-refractivity contribution in [2.75, 3.05) is 5.32 Å². The van der Waals surface area contributed by atoms with E-state index in [1.165, 1.54) is 12.5 Å². The smallest absolute Gasteiger partial charge is 0.258 e. The van der Waals surface area contributed by atoms with Gasteiger partial charge < -0.3 is 14.5 Å². The molecule has 0 fully saturated rings. The Morgan fingerprint density at radius 1 is 0.905 bits per heavy atom. The summed E-state index contributed by atoms with van der Waals surface area (Å²) >= 11 is 0. The van der Waals surface area contributed by atoms with Crippen LogP contribution in [-0.2, 0) is 0 Å². The number of hydrogen-bond donors (Lipinski definition) is 1. The first-order chi connectivity index (χ1) is 10.3. The van der Waals surface area contributed by atoms with Crippen LogP contribution in [0.15, 0.2) is 77.6 Å². The number of para-hydroxylation sites is 1. The average molecular weight is 279 g/mol. The molecule has 104 valence electrons. The highest BCUT2D eigenvalue weighted by atomic mass is 16.5. The summed E-state index contributed by atoms with van der Waals surface area (Å²) in [7, 11) is 0. The van der Waals surface area contributed by atoms with E-state index in [1.807, 2.05) is 30.3 Å². The summed E-state index contributed by atoms with van der Waals surface area (Å²) in [6.07, 6.45) is 2.87. The lowest BCUT2D eigenvalue weighted by Crippen LogP contribution is -2.10. The van der Waals surface area contributed by atoms with Gasteiger partial charge in [-0.05, 0) is 42.5 Å². The van der Waals surface area contributed by atoms with E-state index in [0.29, 0.717) is 17.0 Å². The number of rotatable bonds is 4. The molecule has 0 aliphatic heterocycles. The highest BCUT2D eigenvalue weighted by molar-refractivity contribution is 6.03. The summed E-state index contributed by atoms with van der Waals surface area (Å²) < 4.78 is 10.6. The molecule has 4 heteroatoms. The van der Waals surface area contributed by atoms with E-state index in [-0.39, 0.29) is 5.91 Å². The molecule has 4 nitrogen and oxygen atoms in total. The van der Waals surface area contributed by atoms with Crippen molar-refractivity contribution in [2.45, 2.75) is 0 Å². The molecule has 1 aromatic heterocycles. The summed E-state index contributed by atoms with van der Waals surface area (Å²) in [5, 5.41) is 2.78. The van der Waals surface area contributed by atoms with Crippen molar-refractivity contribution in [1.29, 1.82) is 0 Å². The molecule has 3 rings (SSSR count). The third-order valence-corrected chi connectivity index (χ3v) is 2.87.